The number of quaternary nitrogens is 1. The summed E-state index contributed by atoms with van der Waals surface area (Å²) < 4.78 is 0. The van der Waals surface area contributed by atoms with E-state index in [1.165, 1.54) is 48.2 Å². The molecule has 5 heteroatoms. The molecule has 2 aromatic rings. The zero-order valence-corrected chi connectivity index (χ0v) is 13.9. The molecule has 0 bridgehead atoms. The van der Waals surface area contributed by atoms with Crippen molar-refractivity contribution in [3.05, 3.63) is 40.9 Å². The van der Waals surface area contributed by atoms with Crippen molar-refractivity contribution in [3.8, 4) is 10.6 Å². The molecule has 0 saturated heterocycles. The number of carboxylic acid groups (broad SMARTS) is 1. The fourth-order valence-electron chi connectivity index (χ4n) is 2.56. The highest BCUT2D eigenvalue weighted by Gasteiger charge is 2.09. The van der Waals surface area contributed by atoms with Crippen molar-refractivity contribution in [3.63, 3.8) is 0 Å². The second-order valence-electron chi connectivity index (χ2n) is 5.45. The fraction of sp³-hybridized carbons (Fsp3) is 0.412. The first-order valence-corrected chi connectivity index (χ1v) is 8.61. The van der Waals surface area contributed by atoms with Gasteiger partial charge in [-0.3, -0.25) is 0 Å². The molecule has 0 atom stereocenters. The van der Waals surface area contributed by atoms with Gasteiger partial charge in [-0.2, -0.15) is 0 Å². The van der Waals surface area contributed by atoms with Crippen molar-refractivity contribution in [1.29, 1.82) is 0 Å². The van der Waals surface area contributed by atoms with Gasteiger partial charge in [-0.1, -0.05) is 38.1 Å². The zero-order valence-electron chi connectivity index (χ0n) is 13.1. The number of thiazole rings is 1. The molecule has 1 N–H and O–H groups in total. The maximum absolute atomic E-state index is 10.8. The van der Waals surface area contributed by atoms with E-state index in [4.69, 9.17) is 0 Å². The van der Waals surface area contributed by atoms with Gasteiger partial charge in [-0.15, -0.1) is 11.3 Å². The first-order chi connectivity index (χ1) is 10.6. The summed E-state index contributed by atoms with van der Waals surface area (Å²) in [5.41, 5.74) is 2.26. The van der Waals surface area contributed by atoms with E-state index in [1.54, 1.807) is 4.90 Å². The van der Waals surface area contributed by atoms with Crippen LogP contribution in [0.15, 0.2) is 29.6 Å². The molecule has 0 aliphatic heterocycles. The Morgan fingerprint density at radius 1 is 1.18 bits per heavy atom. The third-order valence-electron chi connectivity index (χ3n) is 3.58. The third kappa shape index (κ3) is 4.39. The molecule has 1 heterocycles. The average Bonchev–Trinajstić information content (AvgIpc) is 2.99. The van der Waals surface area contributed by atoms with Gasteiger partial charge in [0, 0.05) is 16.5 Å². The van der Waals surface area contributed by atoms with Crippen LogP contribution in [0.2, 0.25) is 0 Å². The SMILES string of the molecule is CCC[NH+](CCC)Cc1ccc(-c2nc(C(=O)[O-])cs2)cc1. The van der Waals surface area contributed by atoms with Crippen LogP contribution in [0.25, 0.3) is 10.6 Å². The van der Waals surface area contributed by atoms with Gasteiger partial charge < -0.3 is 14.8 Å². The lowest BCUT2D eigenvalue weighted by atomic mass is 10.1. The van der Waals surface area contributed by atoms with Gasteiger partial charge in [0.15, 0.2) is 0 Å². The summed E-state index contributed by atoms with van der Waals surface area (Å²) in [6.45, 7) is 7.85. The Hall–Kier alpha value is -1.72. The molecular weight excluding hydrogens is 296 g/mol. The van der Waals surface area contributed by atoms with Crippen LogP contribution in [0.5, 0.6) is 0 Å². The summed E-state index contributed by atoms with van der Waals surface area (Å²) in [5, 5.41) is 13.0. The summed E-state index contributed by atoms with van der Waals surface area (Å²) in [6, 6.07) is 8.26. The lowest BCUT2D eigenvalue weighted by Gasteiger charge is -2.18. The number of aromatic carboxylic acids is 1. The van der Waals surface area contributed by atoms with Crippen molar-refractivity contribution in [2.24, 2.45) is 0 Å². The topological polar surface area (TPSA) is 57.5 Å². The normalized spacial score (nSPS) is 11.0. The van der Waals surface area contributed by atoms with Crippen LogP contribution in [-0.4, -0.2) is 24.0 Å². The fourth-order valence-corrected chi connectivity index (χ4v) is 3.36. The van der Waals surface area contributed by atoms with E-state index < -0.39 is 5.97 Å². The van der Waals surface area contributed by atoms with E-state index >= 15 is 0 Å². The highest BCUT2D eigenvalue weighted by Crippen LogP contribution is 2.23. The van der Waals surface area contributed by atoms with E-state index in [0.29, 0.717) is 0 Å². The number of nitrogens with zero attached hydrogens (tertiary/aromatic N) is 1. The number of rotatable bonds is 8. The van der Waals surface area contributed by atoms with Crippen LogP contribution < -0.4 is 10.0 Å². The van der Waals surface area contributed by atoms with Gasteiger partial charge in [-0.05, 0) is 12.8 Å². The summed E-state index contributed by atoms with van der Waals surface area (Å²) >= 11 is 1.33. The number of hydrogen-bond acceptors (Lipinski definition) is 4. The van der Waals surface area contributed by atoms with Crippen LogP contribution in [0, 0.1) is 0 Å². The molecule has 118 valence electrons. The molecule has 4 nitrogen and oxygen atoms in total. The lowest BCUT2D eigenvalue weighted by Crippen LogP contribution is -3.10. The van der Waals surface area contributed by atoms with E-state index in [-0.39, 0.29) is 5.69 Å². The number of benzene rings is 1. The molecule has 0 radical (unpaired) electrons. The van der Waals surface area contributed by atoms with Crippen molar-refractivity contribution in [2.45, 2.75) is 33.2 Å². The number of carbonyl (C=O) groups excluding carboxylic acids is 1. The predicted octanol–water partition coefficient (Wildman–Crippen LogP) is 1.38. The van der Waals surface area contributed by atoms with E-state index in [2.05, 4.69) is 31.0 Å². The van der Waals surface area contributed by atoms with Crippen molar-refractivity contribution in [1.82, 2.24) is 4.98 Å². The van der Waals surface area contributed by atoms with E-state index in [1.807, 2.05) is 12.1 Å². The van der Waals surface area contributed by atoms with Crippen LogP contribution in [-0.2, 0) is 6.54 Å². The standard InChI is InChI=1S/C17H22N2O2S/c1-3-9-19(10-4-2)11-13-5-7-14(8-6-13)16-18-15(12-22-16)17(20)21/h5-8,12H,3-4,9-11H2,1-2H3,(H,20,21). The Morgan fingerprint density at radius 2 is 1.82 bits per heavy atom. The first-order valence-electron chi connectivity index (χ1n) is 7.73. The minimum Gasteiger partial charge on any atom is -0.543 e. The number of carbonyl (C=O) groups is 1. The molecule has 0 saturated carbocycles. The van der Waals surface area contributed by atoms with Crippen LogP contribution in [0.4, 0.5) is 0 Å². The smallest absolute Gasteiger partial charge is 0.124 e. The third-order valence-corrected chi connectivity index (χ3v) is 4.47. The Bertz CT molecular complexity index is 601. The number of nitrogens with one attached hydrogen (secondary N) is 1. The Morgan fingerprint density at radius 3 is 2.32 bits per heavy atom. The molecule has 0 amide bonds. The van der Waals surface area contributed by atoms with Crippen molar-refractivity contribution >= 4 is 17.3 Å². The van der Waals surface area contributed by atoms with Crippen LogP contribution >= 0.6 is 11.3 Å². The van der Waals surface area contributed by atoms with Crippen LogP contribution in [0.3, 0.4) is 0 Å². The second-order valence-corrected chi connectivity index (χ2v) is 6.31. The molecule has 0 fully saturated rings. The van der Waals surface area contributed by atoms with E-state index in [0.717, 1.165) is 17.1 Å². The number of hydrogen-bond donors (Lipinski definition) is 1. The molecular formula is C17H22N2O2S. The van der Waals surface area contributed by atoms with Gasteiger partial charge in [0.2, 0.25) is 0 Å². The minimum atomic E-state index is -1.22. The molecule has 2 rings (SSSR count). The number of aromatic nitrogens is 1. The Kier molecular flexibility index (Phi) is 6.10. The van der Waals surface area contributed by atoms with Crippen molar-refractivity contribution < 1.29 is 14.8 Å². The highest BCUT2D eigenvalue weighted by molar-refractivity contribution is 7.13. The molecule has 0 aliphatic rings. The maximum Gasteiger partial charge on any atom is 0.124 e. The predicted molar refractivity (Wildman–Crippen MR) is 86.9 cm³/mol. The van der Waals surface area contributed by atoms with Gasteiger partial charge >= 0.3 is 0 Å². The molecule has 0 spiro atoms. The highest BCUT2D eigenvalue weighted by atomic mass is 32.1. The van der Waals surface area contributed by atoms with Gasteiger partial charge in [0.25, 0.3) is 0 Å². The molecule has 0 unspecified atom stereocenters. The van der Waals surface area contributed by atoms with Gasteiger partial charge in [-0.25, -0.2) is 4.98 Å². The monoisotopic (exact) mass is 318 g/mol. The lowest BCUT2D eigenvalue weighted by molar-refractivity contribution is -0.914. The maximum atomic E-state index is 10.8. The molecule has 0 aliphatic carbocycles. The molecule has 1 aromatic carbocycles. The van der Waals surface area contributed by atoms with Gasteiger partial charge in [0.1, 0.15) is 11.6 Å². The molecule has 22 heavy (non-hydrogen) atoms. The zero-order chi connectivity index (χ0) is 15.9. The van der Waals surface area contributed by atoms with Crippen molar-refractivity contribution in [2.75, 3.05) is 13.1 Å². The van der Waals surface area contributed by atoms with Crippen LogP contribution in [0.1, 0.15) is 42.7 Å². The minimum absolute atomic E-state index is 0.00517. The second kappa shape index (κ2) is 8.06. The van der Waals surface area contributed by atoms with E-state index in [9.17, 15) is 9.90 Å². The largest absolute Gasteiger partial charge is 0.543 e. The summed E-state index contributed by atoms with van der Waals surface area (Å²) in [7, 11) is 0. The molecule has 1 aromatic heterocycles. The Labute approximate surface area is 135 Å². The Balaban J connectivity index is 2.07. The average molecular weight is 318 g/mol. The summed E-state index contributed by atoms with van der Waals surface area (Å²) in [4.78, 5) is 16.5. The summed E-state index contributed by atoms with van der Waals surface area (Å²) in [5.74, 6) is -1.22. The number of carboxylic acids is 1. The van der Waals surface area contributed by atoms with Gasteiger partial charge in [0.05, 0.1) is 24.8 Å². The quantitative estimate of drug-likeness (QED) is 0.800. The first kappa shape index (κ1) is 16.6. The summed E-state index contributed by atoms with van der Waals surface area (Å²) in [6.07, 6.45) is 2.39.